The molecule has 3 atom stereocenters. The Morgan fingerprint density at radius 2 is 1.32 bits per heavy atom. The van der Waals surface area contributed by atoms with E-state index in [4.69, 9.17) is 10.5 Å². The summed E-state index contributed by atoms with van der Waals surface area (Å²) in [7, 11) is -5.56. The van der Waals surface area contributed by atoms with Crippen molar-refractivity contribution in [2.45, 2.75) is 45.1 Å². The number of halogens is 6. The molecule has 206 valence electrons. The highest BCUT2D eigenvalue weighted by molar-refractivity contribution is 7.93. The number of hydrogen-bond donors (Lipinski definition) is 0. The van der Waals surface area contributed by atoms with Crippen molar-refractivity contribution in [3.63, 3.8) is 0 Å². The molecule has 2 aromatic rings. The number of rotatable bonds is 4. The summed E-state index contributed by atoms with van der Waals surface area (Å²) in [5.74, 6) is -0.105. The average molecular weight is 573 g/mol. The maximum Gasteiger partial charge on any atom is 0.433 e. The van der Waals surface area contributed by atoms with Gasteiger partial charge in [0.1, 0.15) is 11.4 Å². The Balaban J connectivity index is 0. The molecule has 8 nitrogen and oxygen atoms in total. The molecular formula is C21H26F6N6O2S2. The van der Waals surface area contributed by atoms with Gasteiger partial charge in [0.25, 0.3) is 0 Å². The van der Waals surface area contributed by atoms with E-state index in [1.807, 2.05) is 0 Å². The van der Waals surface area contributed by atoms with E-state index in [-0.39, 0.29) is 20.6 Å². The van der Waals surface area contributed by atoms with Gasteiger partial charge in [0.15, 0.2) is 0 Å². The fourth-order valence-corrected chi connectivity index (χ4v) is 4.32. The molecule has 0 N–H and O–H groups in total. The van der Waals surface area contributed by atoms with Crippen LogP contribution in [-0.4, -0.2) is 30.9 Å². The van der Waals surface area contributed by atoms with Crippen LogP contribution in [0.1, 0.15) is 49.5 Å². The van der Waals surface area contributed by atoms with Gasteiger partial charge >= 0.3 is 12.4 Å². The third-order valence-electron chi connectivity index (χ3n) is 4.21. The summed E-state index contributed by atoms with van der Waals surface area (Å²) in [5, 5.41) is 16.0. The molecular weight excluding hydrogens is 546 g/mol. The lowest BCUT2D eigenvalue weighted by atomic mass is 10.2. The van der Waals surface area contributed by atoms with E-state index in [1.165, 1.54) is 44.0 Å². The lowest BCUT2D eigenvalue weighted by Crippen LogP contribution is -2.11. The first-order chi connectivity index (χ1) is 15.9. The molecule has 0 saturated carbocycles. The predicted molar refractivity (Wildman–Crippen MR) is 128 cm³/mol. The molecule has 0 amide bonds. The average Bonchev–Trinajstić information content (AvgIpc) is 2.72. The van der Waals surface area contributed by atoms with Crippen LogP contribution in [0.5, 0.6) is 0 Å². The highest BCUT2D eigenvalue weighted by atomic mass is 32.2. The van der Waals surface area contributed by atoms with E-state index in [1.54, 1.807) is 0 Å². The fourth-order valence-electron chi connectivity index (χ4n) is 2.33. The number of alkyl halides is 6. The summed E-state index contributed by atoms with van der Waals surface area (Å²) < 4.78 is 103. The van der Waals surface area contributed by atoms with Gasteiger partial charge in [-0.25, -0.2) is 8.42 Å². The number of nitriles is 2. The van der Waals surface area contributed by atoms with E-state index in [2.05, 4.69) is 18.7 Å². The van der Waals surface area contributed by atoms with Crippen molar-refractivity contribution >= 4 is 19.5 Å². The Morgan fingerprint density at radius 3 is 1.68 bits per heavy atom. The van der Waals surface area contributed by atoms with Crippen LogP contribution < -0.4 is 0 Å². The van der Waals surface area contributed by atoms with Crippen molar-refractivity contribution in [2.75, 3.05) is 12.5 Å². The van der Waals surface area contributed by atoms with Crippen LogP contribution in [0, 0.1) is 22.9 Å². The molecule has 2 heterocycles. The van der Waals surface area contributed by atoms with E-state index in [0.717, 1.165) is 24.5 Å². The van der Waals surface area contributed by atoms with Gasteiger partial charge < -0.3 is 0 Å². The summed E-state index contributed by atoms with van der Waals surface area (Å²) in [4.78, 5) is 6.49. The number of aromatic nitrogens is 2. The molecule has 0 aliphatic carbocycles. The van der Waals surface area contributed by atoms with Crippen LogP contribution in [0.25, 0.3) is 0 Å². The summed E-state index contributed by atoms with van der Waals surface area (Å²) in [6.07, 6.45) is -1.63. The molecule has 0 saturated heterocycles. The minimum Gasteiger partial charge on any atom is -0.251 e. The topological polar surface area (TPSA) is 132 Å². The molecule has 0 spiro atoms. The molecule has 0 fully saturated rings. The summed E-state index contributed by atoms with van der Waals surface area (Å²) in [5.41, 5.74) is -1.35. The lowest BCUT2D eigenvalue weighted by Gasteiger charge is -2.13. The summed E-state index contributed by atoms with van der Waals surface area (Å²) in [6.45, 7) is 1.52. The predicted octanol–water partition coefficient (Wildman–Crippen LogP) is 6.19. The van der Waals surface area contributed by atoms with Gasteiger partial charge in [-0.2, -0.15) is 36.9 Å². The van der Waals surface area contributed by atoms with Gasteiger partial charge in [0.05, 0.1) is 30.5 Å². The minimum atomic E-state index is -4.51. The first kappa shape index (κ1) is 35.9. The molecule has 0 aliphatic heterocycles. The van der Waals surface area contributed by atoms with E-state index < -0.39 is 48.4 Å². The Morgan fingerprint density at radius 1 is 0.865 bits per heavy atom. The molecule has 37 heavy (non-hydrogen) atoms. The summed E-state index contributed by atoms with van der Waals surface area (Å²) >= 11 is 0. The lowest BCUT2D eigenvalue weighted by molar-refractivity contribution is -0.142. The SMILES string of the molecule is C.C.CC(c1ccc(C(F)(F)F)nc1)S(C)(=O)=NC#N.CS(=O)(Cc1ccc(C(F)(F)F)nc1)=NC#N. The quantitative estimate of drug-likeness (QED) is 0.317. The zero-order valence-corrected chi connectivity index (χ0v) is 20.0. The monoisotopic (exact) mass is 572 g/mol. The van der Waals surface area contributed by atoms with E-state index in [0.29, 0.717) is 11.1 Å². The number of nitrogens with zero attached hydrogens (tertiary/aromatic N) is 6. The summed E-state index contributed by atoms with van der Waals surface area (Å²) in [6, 6.07) is 3.98. The highest BCUT2D eigenvalue weighted by Gasteiger charge is 2.33. The van der Waals surface area contributed by atoms with Crippen molar-refractivity contribution in [2.24, 2.45) is 8.73 Å². The van der Waals surface area contributed by atoms with Gasteiger partial charge in [0.2, 0.25) is 12.4 Å². The van der Waals surface area contributed by atoms with E-state index >= 15 is 0 Å². The fraction of sp³-hybridized carbons (Fsp3) is 0.429. The van der Waals surface area contributed by atoms with Crippen LogP contribution >= 0.6 is 0 Å². The Hall–Kier alpha value is -3.24. The molecule has 2 aromatic heterocycles. The molecule has 3 unspecified atom stereocenters. The Labute approximate surface area is 212 Å². The Bertz CT molecular complexity index is 1340. The van der Waals surface area contributed by atoms with Crippen LogP contribution in [0.2, 0.25) is 0 Å². The molecule has 0 aliphatic rings. The van der Waals surface area contributed by atoms with Gasteiger partial charge in [-0.05, 0) is 30.2 Å². The van der Waals surface area contributed by atoms with Crippen LogP contribution in [0.15, 0.2) is 45.4 Å². The molecule has 2 rings (SSSR count). The van der Waals surface area contributed by atoms with Crippen molar-refractivity contribution in [1.82, 2.24) is 9.97 Å². The smallest absolute Gasteiger partial charge is 0.251 e. The van der Waals surface area contributed by atoms with Gasteiger partial charge in [-0.15, -0.1) is 8.73 Å². The second-order valence-corrected chi connectivity index (χ2v) is 12.0. The first-order valence-corrected chi connectivity index (χ1v) is 13.2. The molecule has 16 heteroatoms. The first-order valence-electron chi connectivity index (χ1n) is 9.15. The van der Waals surface area contributed by atoms with Gasteiger partial charge in [-0.3, -0.25) is 9.97 Å². The second-order valence-electron chi connectivity index (χ2n) is 7.01. The van der Waals surface area contributed by atoms with Gasteiger partial charge in [0, 0.05) is 24.9 Å². The van der Waals surface area contributed by atoms with Crippen molar-refractivity contribution in [3.05, 3.63) is 59.2 Å². The minimum absolute atomic E-state index is 0. The maximum absolute atomic E-state index is 12.3. The van der Waals surface area contributed by atoms with Crippen molar-refractivity contribution in [1.29, 1.82) is 10.5 Å². The largest absolute Gasteiger partial charge is 0.433 e. The third-order valence-corrected chi connectivity index (χ3v) is 7.57. The molecule has 0 aromatic carbocycles. The Kier molecular flexibility index (Phi) is 13.5. The number of pyridine rings is 2. The zero-order chi connectivity index (χ0) is 27.1. The highest BCUT2D eigenvalue weighted by Crippen LogP contribution is 2.29. The standard InChI is InChI=1S/C10H10F3N3OS.C9H8F3N3OS.2CH4/c1-7(18(2,17)16-6-14)8-3-4-9(15-5-8)10(11,12)13;1-17(16,15-6-13)5-7-2-3-8(14-4-7)9(10,11)12;;/h3-5,7H,1-2H3;2-4H,5H2,1H3;2*1H4. The van der Waals surface area contributed by atoms with Crippen LogP contribution in [0.3, 0.4) is 0 Å². The van der Waals surface area contributed by atoms with Crippen LogP contribution in [0.4, 0.5) is 26.3 Å². The normalized spacial score (nSPS) is 14.8. The van der Waals surface area contributed by atoms with E-state index in [9.17, 15) is 34.8 Å². The van der Waals surface area contributed by atoms with Crippen molar-refractivity contribution in [3.8, 4) is 12.4 Å². The zero-order valence-electron chi connectivity index (χ0n) is 18.3. The molecule has 0 bridgehead atoms. The van der Waals surface area contributed by atoms with Crippen LogP contribution in [-0.2, 0) is 37.6 Å². The number of hydrogen-bond acceptors (Lipinski definition) is 8. The maximum atomic E-state index is 12.3. The third kappa shape index (κ3) is 11.6. The van der Waals surface area contributed by atoms with Gasteiger partial charge in [-0.1, -0.05) is 27.0 Å². The second kappa shape index (κ2) is 13.9. The molecule has 0 radical (unpaired) electrons. The van der Waals surface area contributed by atoms with Crippen molar-refractivity contribution < 1.29 is 34.8 Å².